The first-order valence-corrected chi connectivity index (χ1v) is 4.35. The van der Waals surface area contributed by atoms with Gasteiger partial charge in [-0.25, -0.2) is 0 Å². The number of hydrogen-bond acceptors (Lipinski definition) is 1. The Morgan fingerprint density at radius 3 is 2.31 bits per heavy atom. The summed E-state index contributed by atoms with van der Waals surface area (Å²) < 4.78 is 0. The standard InChI is InChI=1S/C9H15O2.CH3.V/c10-9(11)7-6-8-4-2-1-3-5-8;;/h7-8H,1-6H2,(H,10,11);1H3;/q2*-1;+2. The molecule has 1 aliphatic rings. The molecule has 0 unspecified atom stereocenters. The molecule has 1 saturated carbocycles. The van der Waals surface area contributed by atoms with Crippen LogP contribution in [0.1, 0.15) is 38.5 Å². The van der Waals surface area contributed by atoms with E-state index in [1.54, 1.807) is 0 Å². The van der Waals surface area contributed by atoms with Gasteiger partial charge in [0.05, 0.1) is 0 Å². The van der Waals surface area contributed by atoms with Crippen LogP contribution in [-0.2, 0) is 23.4 Å². The number of carboxylic acids is 1. The first-order chi connectivity index (χ1) is 5.29. The van der Waals surface area contributed by atoms with E-state index in [0.29, 0.717) is 5.92 Å². The summed E-state index contributed by atoms with van der Waals surface area (Å²) in [5.74, 6) is -0.115. The molecule has 0 aliphatic heterocycles. The zero-order valence-corrected chi connectivity index (χ0v) is 9.60. The third kappa shape index (κ3) is 7.03. The molecule has 0 heterocycles. The summed E-state index contributed by atoms with van der Waals surface area (Å²) in [5.41, 5.74) is 0. The molecule has 0 saturated heterocycles. The molecule has 0 aromatic carbocycles. The molecule has 0 aromatic rings. The number of carbonyl (C=O) groups is 1. The van der Waals surface area contributed by atoms with Crippen molar-refractivity contribution in [3.63, 3.8) is 0 Å². The van der Waals surface area contributed by atoms with Crippen LogP contribution in [0.2, 0.25) is 0 Å². The fraction of sp³-hybridized carbons (Fsp3) is 0.700. The minimum Gasteiger partial charge on any atom is -0.503 e. The van der Waals surface area contributed by atoms with Gasteiger partial charge in [-0.3, -0.25) is 11.2 Å². The third-order valence-corrected chi connectivity index (χ3v) is 2.35. The van der Waals surface area contributed by atoms with E-state index in [0.717, 1.165) is 6.42 Å². The van der Waals surface area contributed by atoms with Crippen LogP contribution in [0.4, 0.5) is 0 Å². The van der Waals surface area contributed by atoms with Gasteiger partial charge < -0.3 is 12.5 Å². The minimum absolute atomic E-state index is 0. The summed E-state index contributed by atoms with van der Waals surface area (Å²) >= 11 is 0. The van der Waals surface area contributed by atoms with Crippen molar-refractivity contribution in [2.75, 3.05) is 0 Å². The molecule has 0 bridgehead atoms. The maximum atomic E-state index is 10.2. The fourth-order valence-corrected chi connectivity index (χ4v) is 1.69. The van der Waals surface area contributed by atoms with Crippen molar-refractivity contribution in [3.05, 3.63) is 13.8 Å². The van der Waals surface area contributed by atoms with E-state index in [4.69, 9.17) is 5.11 Å². The Balaban J connectivity index is 0. The Bertz CT molecular complexity index is 131. The summed E-state index contributed by atoms with van der Waals surface area (Å²) in [6.45, 7) is 0. The smallest absolute Gasteiger partial charge is 0.503 e. The first kappa shape index (κ1) is 15.4. The van der Waals surface area contributed by atoms with Crippen molar-refractivity contribution in [3.8, 4) is 0 Å². The molecule has 1 N–H and O–H groups in total. The van der Waals surface area contributed by atoms with Gasteiger partial charge in [0, 0.05) is 0 Å². The van der Waals surface area contributed by atoms with E-state index in [1.807, 2.05) is 0 Å². The van der Waals surface area contributed by atoms with E-state index in [-0.39, 0.29) is 26.0 Å². The van der Waals surface area contributed by atoms with Gasteiger partial charge in [-0.15, -0.1) is 0 Å². The molecule has 1 aliphatic carbocycles. The van der Waals surface area contributed by atoms with Gasteiger partial charge in [-0.1, -0.05) is 38.0 Å². The summed E-state index contributed by atoms with van der Waals surface area (Å²) in [4.78, 5) is 10.2. The van der Waals surface area contributed by atoms with Gasteiger partial charge in [-0.05, 0) is 0 Å². The summed E-state index contributed by atoms with van der Waals surface area (Å²) in [6, 6.07) is 0. The second kappa shape index (κ2) is 8.52. The van der Waals surface area contributed by atoms with Crippen LogP contribution in [0.3, 0.4) is 0 Å². The molecule has 0 atom stereocenters. The van der Waals surface area contributed by atoms with E-state index in [1.165, 1.54) is 38.5 Å². The molecule has 1 fully saturated rings. The van der Waals surface area contributed by atoms with Crippen molar-refractivity contribution in [1.82, 2.24) is 0 Å². The van der Waals surface area contributed by atoms with Crippen LogP contribution in [0.25, 0.3) is 0 Å². The normalized spacial score (nSPS) is 16.6. The topological polar surface area (TPSA) is 37.3 Å². The van der Waals surface area contributed by atoms with Crippen LogP contribution in [0, 0.1) is 19.8 Å². The van der Waals surface area contributed by atoms with Crippen molar-refractivity contribution in [1.29, 1.82) is 0 Å². The molecule has 3 heteroatoms. The Kier molecular flexibility index (Phi) is 10.1. The predicted octanol–water partition coefficient (Wildman–Crippen LogP) is 2.69. The van der Waals surface area contributed by atoms with Gasteiger partial charge in [0.25, 0.3) is 0 Å². The Morgan fingerprint density at radius 2 is 1.85 bits per heavy atom. The fourth-order valence-electron chi connectivity index (χ4n) is 1.69. The molecular weight excluding hydrogens is 203 g/mol. The first-order valence-electron chi connectivity index (χ1n) is 4.35. The average molecular weight is 221 g/mol. The van der Waals surface area contributed by atoms with E-state index >= 15 is 0 Å². The average Bonchev–Trinajstić information content (AvgIpc) is 2.03. The van der Waals surface area contributed by atoms with Gasteiger partial charge in [0.2, 0.25) is 0 Å². The summed E-state index contributed by atoms with van der Waals surface area (Å²) in [6.07, 6.45) is 8.54. The molecule has 1 radical (unpaired) electrons. The van der Waals surface area contributed by atoms with E-state index < -0.39 is 5.97 Å². The van der Waals surface area contributed by atoms with Crippen LogP contribution in [-0.4, -0.2) is 11.1 Å². The van der Waals surface area contributed by atoms with E-state index in [2.05, 4.69) is 0 Å². The predicted molar refractivity (Wildman–Crippen MR) is 49.5 cm³/mol. The van der Waals surface area contributed by atoms with Crippen LogP contribution in [0.5, 0.6) is 0 Å². The van der Waals surface area contributed by atoms with E-state index in [9.17, 15) is 4.79 Å². The molecule has 0 amide bonds. The van der Waals surface area contributed by atoms with Gasteiger partial charge in [0.1, 0.15) is 0 Å². The van der Waals surface area contributed by atoms with Crippen molar-refractivity contribution >= 4 is 5.97 Å². The summed E-state index contributed by atoms with van der Waals surface area (Å²) in [5, 5.41) is 8.39. The Hall–Kier alpha value is -0.0756. The van der Waals surface area contributed by atoms with Gasteiger partial charge in [0.15, 0.2) is 5.97 Å². The Morgan fingerprint density at radius 1 is 1.31 bits per heavy atom. The number of carboxylic acid groups (broad SMARTS) is 1. The zero-order valence-electron chi connectivity index (χ0n) is 8.20. The third-order valence-electron chi connectivity index (χ3n) is 2.35. The Labute approximate surface area is 93.0 Å². The molecule has 75 valence electrons. The van der Waals surface area contributed by atoms with Crippen molar-refractivity contribution in [2.45, 2.75) is 38.5 Å². The molecule has 2 nitrogen and oxygen atoms in total. The minimum atomic E-state index is -0.768. The SMILES string of the molecule is O=C(O)[CH-]CC1CCCCC1.[CH3-].[V+2]. The van der Waals surface area contributed by atoms with Crippen molar-refractivity contribution in [2.24, 2.45) is 5.92 Å². The van der Waals surface area contributed by atoms with Gasteiger partial charge >= 0.3 is 18.6 Å². The second-order valence-electron chi connectivity index (χ2n) is 3.28. The molecule has 1 rings (SSSR count). The number of hydrogen-bond donors (Lipinski definition) is 1. The van der Waals surface area contributed by atoms with Crippen LogP contribution >= 0.6 is 0 Å². The van der Waals surface area contributed by atoms with Gasteiger partial charge in [-0.2, -0.15) is 6.42 Å². The summed E-state index contributed by atoms with van der Waals surface area (Å²) in [7, 11) is 0. The van der Waals surface area contributed by atoms with Crippen molar-refractivity contribution < 1.29 is 28.5 Å². The molecule has 0 spiro atoms. The molecule has 0 aromatic heterocycles. The maximum absolute atomic E-state index is 10.2. The maximum Gasteiger partial charge on any atom is 2.00 e. The van der Waals surface area contributed by atoms with Crippen LogP contribution < -0.4 is 0 Å². The number of aliphatic carboxylic acids is 1. The van der Waals surface area contributed by atoms with Crippen LogP contribution in [0.15, 0.2) is 0 Å². The quantitative estimate of drug-likeness (QED) is 0.744. The number of rotatable bonds is 3. The molecular formula is C10H18O2V. The monoisotopic (exact) mass is 221 g/mol. The zero-order chi connectivity index (χ0) is 8.10. The molecule has 13 heavy (non-hydrogen) atoms. The largest absolute Gasteiger partial charge is 2.00 e. The second-order valence-corrected chi connectivity index (χ2v) is 3.28.